The Morgan fingerprint density at radius 1 is 1.56 bits per heavy atom. The van der Waals surface area contributed by atoms with Crippen LogP contribution in [-0.4, -0.2) is 24.9 Å². The van der Waals surface area contributed by atoms with Crippen LogP contribution >= 0.6 is 0 Å². The Bertz CT molecular complexity index is 525. The van der Waals surface area contributed by atoms with Gasteiger partial charge in [-0.05, 0) is 36.8 Å². The normalized spacial score (nSPS) is 17.2. The van der Waals surface area contributed by atoms with Crippen LogP contribution in [0.5, 0.6) is 0 Å². The summed E-state index contributed by atoms with van der Waals surface area (Å²) in [6, 6.07) is 3.24. The third-order valence-electron chi connectivity index (χ3n) is 2.63. The van der Waals surface area contributed by atoms with E-state index in [2.05, 4.69) is 5.32 Å². The van der Waals surface area contributed by atoms with Gasteiger partial charge in [0.05, 0.1) is 6.61 Å². The van der Waals surface area contributed by atoms with Gasteiger partial charge in [-0.15, -0.1) is 0 Å². The first-order valence-electron chi connectivity index (χ1n) is 5.55. The zero-order valence-corrected chi connectivity index (χ0v) is 9.77. The van der Waals surface area contributed by atoms with Gasteiger partial charge in [0.1, 0.15) is 12.1 Å². The number of carbonyl (C=O) groups excluding carboxylic acids is 2. The smallest absolute Gasteiger partial charge is 0.333 e. The van der Waals surface area contributed by atoms with Crippen molar-refractivity contribution in [1.82, 2.24) is 0 Å². The number of aldehydes is 1. The Morgan fingerprint density at radius 2 is 2.33 bits per heavy atom. The predicted molar refractivity (Wildman–Crippen MR) is 64.5 cm³/mol. The lowest BCUT2D eigenvalue weighted by molar-refractivity contribution is -0.143. The number of hydrogen-bond acceptors (Lipinski definition) is 4. The molecule has 0 saturated heterocycles. The van der Waals surface area contributed by atoms with Gasteiger partial charge in [0.15, 0.2) is 6.04 Å². The van der Waals surface area contributed by atoms with E-state index in [1.165, 1.54) is 12.1 Å². The van der Waals surface area contributed by atoms with Crippen molar-refractivity contribution in [3.8, 4) is 0 Å². The average molecular weight is 249 g/mol. The standard InChI is InChI=1S/C13H12FNO3/c1-2-18-13(17)12-9(7-16)5-8-3-4-10(14)6-11(8)15-12/h3-7,12,15H,2H2,1H3. The molecule has 1 N–H and O–H groups in total. The number of ether oxygens (including phenoxy) is 1. The zero-order valence-electron chi connectivity index (χ0n) is 9.77. The summed E-state index contributed by atoms with van der Waals surface area (Å²) in [5.41, 5.74) is 1.41. The van der Waals surface area contributed by atoms with E-state index in [0.717, 1.165) is 0 Å². The maximum Gasteiger partial charge on any atom is 0.333 e. The molecule has 0 aromatic heterocycles. The van der Waals surface area contributed by atoms with Crippen molar-refractivity contribution in [2.75, 3.05) is 11.9 Å². The minimum atomic E-state index is -0.878. The molecule has 1 aromatic carbocycles. The van der Waals surface area contributed by atoms with Crippen LogP contribution in [0.2, 0.25) is 0 Å². The molecule has 1 atom stereocenters. The SMILES string of the molecule is CCOC(=O)C1Nc2cc(F)ccc2C=C1C=O. The number of carbonyl (C=O) groups is 2. The van der Waals surface area contributed by atoms with Crippen LogP contribution in [0, 0.1) is 5.82 Å². The fourth-order valence-electron chi connectivity index (χ4n) is 1.80. The summed E-state index contributed by atoms with van der Waals surface area (Å²) in [6.07, 6.45) is 2.15. The molecule has 0 radical (unpaired) electrons. The molecular formula is C13H12FNO3. The second-order valence-corrected chi connectivity index (χ2v) is 3.82. The molecule has 1 aromatic rings. The molecule has 0 spiro atoms. The van der Waals surface area contributed by atoms with Gasteiger partial charge in [-0.2, -0.15) is 0 Å². The van der Waals surface area contributed by atoms with Crippen molar-refractivity contribution >= 4 is 24.0 Å². The molecule has 94 valence electrons. The highest BCUT2D eigenvalue weighted by molar-refractivity contribution is 5.99. The number of esters is 1. The molecule has 1 aliphatic heterocycles. The summed E-state index contributed by atoms with van der Waals surface area (Å²) in [7, 11) is 0. The first-order chi connectivity index (χ1) is 8.65. The Labute approximate surface area is 103 Å². The molecule has 0 bridgehead atoms. The summed E-state index contributed by atoms with van der Waals surface area (Å²) >= 11 is 0. The average Bonchev–Trinajstić information content (AvgIpc) is 2.37. The van der Waals surface area contributed by atoms with Crippen LogP contribution in [0.15, 0.2) is 23.8 Å². The maximum atomic E-state index is 13.1. The lowest BCUT2D eigenvalue weighted by Crippen LogP contribution is -2.35. The zero-order chi connectivity index (χ0) is 13.1. The van der Waals surface area contributed by atoms with Gasteiger partial charge in [0, 0.05) is 11.3 Å². The highest BCUT2D eigenvalue weighted by atomic mass is 19.1. The minimum absolute atomic E-state index is 0.221. The van der Waals surface area contributed by atoms with Gasteiger partial charge < -0.3 is 10.1 Å². The fourth-order valence-corrected chi connectivity index (χ4v) is 1.80. The van der Waals surface area contributed by atoms with Crippen molar-refractivity contribution in [1.29, 1.82) is 0 Å². The summed E-state index contributed by atoms with van der Waals surface area (Å²) in [4.78, 5) is 22.6. The van der Waals surface area contributed by atoms with Crippen molar-refractivity contribution < 1.29 is 18.7 Å². The summed E-state index contributed by atoms with van der Waals surface area (Å²) in [5.74, 6) is -0.961. The van der Waals surface area contributed by atoms with Crippen LogP contribution in [0.25, 0.3) is 6.08 Å². The summed E-state index contributed by atoms with van der Waals surface area (Å²) in [6.45, 7) is 1.90. The van der Waals surface area contributed by atoms with Crippen LogP contribution < -0.4 is 5.32 Å². The molecule has 18 heavy (non-hydrogen) atoms. The minimum Gasteiger partial charge on any atom is -0.464 e. The second-order valence-electron chi connectivity index (χ2n) is 3.82. The quantitative estimate of drug-likeness (QED) is 0.655. The lowest BCUT2D eigenvalue weighted by Gasteiger charge is -2.24. The van der Waals surface area contributed by atoms with Gasteiger partial charge in [0.2, 0.25) is 0 Å². The monoisotopic (exact) mass is 249 g/mol. The van der Waals surface area contributed by atoms with Gasteiger partial charge in [-0.1, -0.05) is 0 Å². The molecule has 1 unspecified atom stereocenters. The van der Waals surface area contributed by atoms with E-state index < -0.39 is 17.8 Å². The molecule has 4 nitrogen and oxygen atoms in total. The molecule has 1 heterocycles. The van der Waals surface area contributed by atoms with Crippen LogP contribution in [0.4, 0.5) is 10.1 Å². The molecule has 5 heteroatoms. The van der Waals surface area contributed by atoms with E-state index in [9.17, 15) is 14.0 Å². The summed E-state index contributed by atoms with van der Waals surface area (Å²) in [5, 5.41) is 2.81. The van der Waals surface area contributed by atoms with Crippen molar-refractivity contribution in [3.63, 3.8) is 0 Å². The van der Waals surface area contributed by atoms with E-state index in [-0.39, 0.29) is 12.2 Å². The lowest BCUT2D eigenvalue weighted by atomic mass is 9.98. The predicted octanol–water partition coefficient (Wildman–Crippen LogP) is 1.77. The van der Waals surface area contributed by atoms with E-state index in [0.29, 0.717) is 17.5 Å². The van der Waals surface area contributed by atoms with Crippen LogP contribution in [0.1, 0.15) is 12.5 Å². The van der Waals surface area contributed by atoms with Gasteiger partial charge in [-0.25, -0.2) is 9.18 Å². The number of fused-ring (bicyclic) bond motifs is 1. The van der Waals surface area contributed by atoms with E-state index in [1.54, 1.807) is 19.1 Å². The molecular weight excluding hydrogens is 237 g/mol. The molecule has 1 aliphatic rings. The maximum absolute atomic E-state index is 13.1. The fraction of sp³-hybridized carbons (Fsp3) is 0.231. The van der Waals surface area contributed by atoms with Crippen LogP contribution in [0.3, 0.4) is 0 Å². The Morgan fingerprint density at radius 3 is 3.00 bits per heavy atom. The topological polar surface area (TPSA) is 55.4 Å². The highest BCUT2D eigenvalue weighted by Gasteiger charge is 2.28. The third kappa shape index (κ3) is 2.25. The Kier molecular flexibility index (Phi) is 3.41. The number of rotatable bonds is 3. The summed E-state index contributed by atoms with van der Waals surface area (Å²) < 4.78 is 18.0. The second kappa shape index (κ2) is 5.00. The molecule has 0 amide bonds. The Hall–Kier alpha value is -2.17. The van der Waals surface area contributed by atoms with Crippen molar-refractivity contribution in [3.05, 3.63) is 35.2 Å². The van der Waals surface area contributed by atoms with E-state index in [1.807, 2.05) is 0 Å². The number of halogens is 1. The third-order valence-corrected chi connectivity index (χ3v) is 2.63. The number of nitrogens with one attached hydrogen (secondary N) is 1. The van der Waals surface area contributed by atoms with E-state index >= 15 is 0 Å². The molecule has 0 fully saturated rings. The van der Waals surface area contributed by atoms with Crippen molar-refractivity contribution in [2.45, 2.75) is 13.0 Å². The largest absolute Gasteiger partial charge is 0.464 e. The molecule has 0 aliphatic carbocycles. The first-order valence-corrected chi connectivity index (χ1v) is 5.55. The van der Waals surface area contributed by atoms with Gasteiger partial charge >= 0.3 is 5.97 Å². The number of anilines is 1. The van der Waals surface area contributed by atoms with Gasteiger partial charge in [0.25, 0.3) is 0 Å². The first kappa shape index (κ1) is 12.3. The number of benzene rings is 1. The van der Waals surface area contributed by atoms with E-state index in [4.69, 9.17) is 4.74 Å². The molecule has 2 rings (SSSR count). The molecule has 0 saturated carbocycles. The Balaban J connectivity index is 2.37. The van der Waals surface area contributed by atoms with Crippen LogP contribution in [-0.2, 0) is 14.3 Å². The highest BCUT2D eigenvalue weighted by Crippen LogP contribution is 2.27. The number of hydrogen-bond donors (Lipinski definition) is 1. The van der Waals surface area contributed by atoms with Crippen molar-refractivity contribution in [2.24, 2.45) is 0 Å². The van der Waals surface area contributed by atoms with Gasteiger partial charge in [-0.3, -0.25) is 4.79 Å².